The van der Waals surface area contributed by atoms with Gasteiger partial charge in [-0.05, 0) is 24.6 Å². The summed E-state index contributed by atoms with van der Waals surface area (Å²) in [4.78, 5) is 24.6. The zero-order chi connectivity index (χ0) is 13.6. The Bertz CT molecular complexity index is 709. The highest BCUT2D eigenvalue weighted by Gasteiger charge is 2.31. The number of benzene rings is 2. The normalized spacial score (nSPS) is 13.3. The Morgan fingerprint density at radius 2 is 2.05 bits per heavy atom. The Labute approximate surface area is 109 Å². The lowest BCUT2D eigenvalue weighted by Crippen LogP contribution is -2.27. The summed E-state index contributed by atoms with van der Waals surface area (Å²) in [6.45, 7) is 2.62. The van der Waals surface area contributed by atoms with Crippen molar-refractivity contribution in [3.63, 3.8) is 0 Å². The first-order chi connectivity index (χ1) is 9.15. The number of nitro groups is 1. The minimum absolute atomic E-state index is 0.0479. The molecule has 0 unspecified atom stereocenters. The SMILES string of the molecule is CCCN1C(=O)c2cccc3c([N+](=O)[O-])ccc1c23. The number of hydrogen-bond acceptors (Lipinski definition) is 3. The molecule has 3 rings (SSSR count). The summed E-state index contributed by atoms with van der Waals surface area (Å²) in [5.74, 6) is -0.0667. The van der Waals surface area contributed by atoms with Crippen molar-refractivity contribution in [3.05, 3.63) is 46.0 Å². The number of carbonyl (C=O) groups is 1. The fourth-order valence-electron chi connectivity index (χ4n) is 2.64. The third kappa shape index (κ3) is 1.51. The molecule has 0 spiro atoms. The summed E-state index contributed by atoms with van der Waals surface area (Å²) in [5.41, 5.74) is 1.39. The Morgan fingerprint density at radius 3 is 2.74 bits per heavy atom. The van der Waals surface area contributed by atoms with Gasteiger partial charge in [0.1, 0.15) is 0 Å². The number of anilines is 1. The van der Waals surface area contributed by atoms with Crippen LogP contribution in [0.15, 0.2) is 30.3 Å². The van der Waals surface area contributed by atoms with Gasteiger partial charge >= 0.3 is 0 Å². The number of nitrogens with zero attached hydrogens (tertiary/aromatic N) is 2. The van der Waals surface area contributed by atoms with Crippen LogP contribution in [0.5, 0.6) is 0 Å². The number of non-ortho nitro benzene ring substituents is 1. The highest BCUT2D eigenvalue weighted by Crippen LogP contribution is 2.41. The van der Waals surface area contributed by atoms with E-state index < -0.39 is 4.92 Å². The first kappa shape index (κ1) is 11.6. The van der Waals surface area contributed by atoms with Crippen LogP contribution in [-0.2, 0) is 0 Å². The van der Waals surface area contributed by atoms with Gasteiger partial charge in [0, 0.05) is 18.0 Å². The molecule has 5 heteroatoms. The van der Waals surface area contributed by atoms with Crippen molar-refractivity contribution < 1.29 is 9.72 Å². The van der Waals surface area contributed by atoms with Crippen LogP contribution in [0.4, 0.5) is 11.4 Å². The fourth-order valence-corrected chi connectivity index (χ4v) is 2.64. The molecule has 2 aromatic rings. The van der Waals surface area contributed by atoms with Crippen LogP contribution in [0.3, 0.4) is 0 Å². The van der Waals surface area contributed by atoms with Crippen molar-refractivity contribution in [2.24, 2.45) is 0 Å². The molecule has 2 aromatic carbocycles. The van der Waals surface area contributed by atoms with Crippen LogP contribution >= 0.6 is 0 Å². The molecule has 0 bridgehead atoms. The molecule has 0 aromatic heterocycles. The predicted octanol–water partition coefficient (Wildman–Crippen LogP) is 3.12. The molecular weight excluding hydrogens is 244 g/mol. The number of carbonyl (C=O) groups excluding carboxylic acids is 1. The average Bonchev–Trinajstić information content (AvgIpc) is 2.67. The van der Waals surface area contributed by atoms with E-state index >= 15 is 0 Å². The van der Waals surface area contributed by atoms with E-state index in [4.69, 9.17) is 0 Å². The third-order valence-corrected chi connectivity index (χ3v) is 3.41. The van der Waals surface area contributed by atoms with E-state index in [0.717, 1.165) is 12.1 Å². The van der Waals surface area contributed by atoms with Gasteiger partial charge in [0.05, 0.1) is 21.6 Å². The molecule has 0 aliphatic carbocycles. The first-order valence-electron chi connectivity index (χ1n) is 6.17. The van der Waals surface area contributed by atoms with E-state index in [1.807, 2.05) is 6.92 Å². The Hall–Kier alpha value is -2.43. The number of nitro benzene ring substituents is 1. The van der Waals surface area contributed by atoms with Crippen LogP contribution in [-0.4, -0.2) is 17.4 Å². The Balaban J connectivity index is 2.35. The molecule has 0 atom stereocenters. The van der Waals surface area contributed by atoms with E-state index in [0.29, 0.717) is 22.9 Å². The summed E-state index contributed by atoms with van der Waals surface area (Å²) in [7, 11) is 0. The van der Waals surface area contributed by atoms with Crippen molar-refractivity contribution in [1.82, 2.24) is 0 Å². The van der Waals surface area contributed by atoms with E-state index in [2.05, 4.69) is 0 Å². The topological polar surface area (TPSA) is 63.5 Å². The first-order valence-corrected chi connectivity index (χ1v) is 6.17. The van der Waals surface area contributed by atoms with Gasteiger partial charge in [0.2, 0.25) is 0 Å². The molecule has 1 amide bonds. The molecule has 1 heterocycles. The Morgan fingerprint density at radius 1 is 1.26 bits per heavy atom. The van der Waals surface area contributed by atoms with Gasteiger partial charge in [-0.25, -0.2) is 0 Å². The van der Waals surface area contributed by atoms with Crippen molar-refractivity contribution in [2.75, 3.05) is 11.4 Å². The van der Waals surface area contributed by atoms with Crippen molar-refractivity contribution in [1.29, 1.82) is 0 Å². The zero-order valence-electron chi connectivity index (χ0n) is 10.4. The third-order valence-electron chi connectivity index (χ3n) is 3.41. The lowest BCUT2D eigenvalue weighted by Gasteiger charge is -2.16. The molecule has 0 N–H and O–H groups in total. The molecule has 0 saturated carbocycles. The van der Waals surface area contributed by atoms with Crippen LogP contribution < -0.4 is 4.90 Å². The monoisotopic (exact) mass is 256 g/mol. The van der Waals surface area contributed by atoms with Gasteiger partial charge in [-0.15, -0.1) is 0 Å². The lowest BCUT2D eigenvalue weighted by atomic mass is 10.0. The lowest BCUT2D eigenvalue weighted by molar-refractivity contribution is -0.383. The summed E-state index contributed by atoms with van der Waals surface area (Å²) in [6.07, 6.45) is 0.845. The number of amides is 1. The predicted molar refractivity (Wildman–Crippen MR) is 72.6 cm³/mol. The highest BCUT2D eigenvalue weighted by molar-refractivity contribution is 6.26. The average molecular weight is 256 g/mol. The second kappa shape index (κ2) is 4.05. The Kier molecular flexibility index (Phi) is 2.48. The maximum atomic E-state index is 12.3. The van der Waals surface area contributed by atoms with E-state index in [1.165, 1.54) is 6.07 Å². The van der Waals surface area contributed by atoms with Crippen molar-refractivity contribution in [3.8, 4) is 0 Å². The molecule has 1 aliphatic heterocycles. The standard InChI is InChI=1S/C14H12N2O3/c1-2-8-15-12-7-6-11(16(18)19)9-4-3-5-10(13(9)12)14(15)17/h3-7H,2,8H2,1H3. The summed E-state index contributed by atoms with van der Waals surface area (Å²) >= 11 is 0. The fraction of sp³-hybridized carbons (Fsp3) is 0.214. The van der Waals surface area contributed by atoms with E-state index in [9.17, 15) is 14.9 Å². The molecule has 96 valence electrons. The zero-order valence-corrected chi connectivity index (χ0v) is 10.4. The van der Waals surface area contributed by atoms with Crippen LogP contribution in [0, 0.1) is 10.1 Å². The van der Waals surface area contributed by atoms with Gasteiger partial charge in [-0.1, -0.05) is 13.0 Å². The van der Waals surface area contributed by atoms with Crippen LogP contribution in [0.1, 0.15) is 23.7 Å². The van der Waals surface area contributed by atoms with E-state index in [1.54, 1.807) is 29.2 Å². The van der Waals surface area contributed by atoms with Gasteiger partial charge in [-0.3, -0.25) is 14.9 Å². The molecule has 0 saturated heterocycles. The maximum absolute atomic E-state index is 12.3. The minimum Gasteiger partial charge on any atom is -0.308 e. The van der Waals surface area contributed by atoms with Crippen LogP contribution in [0.25, 0.3) is 10.8 Å². The molecular formula is C14H12N2O3. The van der Waals surface area contributed by atoms with Gasteiger partial charge in [0.15, 0.2) is 0 Å². The molecule has 0 fully saturated rings. The summed E-state index contributed by atoms with van der Waals surface area (Å²) in [5, 5.41) is 12.3. The molecule has 1 aliphatic rings. The molecule has 5 nitrogen and oxygen atoms in total. The number of hydrogen-bond donors (Lipinski definition) is 0. The molecule has 0 radical (unpaired) electrons. The summed E-state index contributed by atoms with van der Waals surface area (Å²) < 4.78 is 0. The number of rotatable bonds is 3. The van der Waals surface area contributed by atoms with Crippen LogP contribution in [0.2, 0.25) is 0 Å². The van der Waals surface area contributed by atoms with Crippen molar-refractivity contribution >= 4 is 28.1 Å². The van der Waals surface area contributed by atoms with E-state index in [-0.39, 0.29) is 11.6 Å². The maximum Gasteiger partial charge on any atom is 0.277 e. The molecule has 19 heavy (non-hydrogen) atoms. The van der Waals surface area contributed by atoms with Crippen molar-refractivity contribution in [2.45, 2.75) is 13.3 Å². The second-order valence-electron chi connectivity index (χ2n) is 4.55. The smallest absolute Gasteiger partial charge is 0.277 e. The highest BCUT2D eigenvalue weighted by atomic mass is 16.6. The minimum atomic E-state index is -0.407. The summed E-state index contributed by atoms with van der Waals surface area (Å²) in [6, 6.07) is 8.27. The van der Waals surface area contributed by atoms with Gasteiger partial charge in [0.25, 0.3) is 11.6 Å². The largest absolute Gasteiger partial charge is 0.308 e. The van der Waals surface area contributed by atoms with Gasteiger partial charge < -0.3 is 4.90 Å². The van der Waals surface area contributed by atoms with Gasteiger partial charge in [-0.2, -0.15) is 0 Å². The second-order valence-corrected chi connectivity index (χ2v) is 4.55. The quantitative estimate of drug-likeness (QED) is 0.626.